The highest BCUT2D eigenvalue weighted by Gasteiger charge is 2.43. The Hall–Kier alpha value is -0.163. The van der Waals surface area contributed by atoms with Gasteiger partial charge in [-0.2, -0.15) is 0 Å². The first-order valence-electron chi connectivity index (χ1n) is 8.02. The van der Waals surface area contributed by atoms with Gasteiger partial charge in [-0.1, -0.05) is 46.8 Å². The third kappa shape index (κ3) is 5.51. The van der Waals surface area contributed by atoms with Crippen LogP contribution in [0.5, 0.6) is 0 Å². The number of hydrogen-bond acceptors (Lipinski definition) is 3. The van der Waals surface area contributed by atoms with Crippen molar-refractivity contribution in [2.45, 2.75) is 84.6 Å². The van der Waals surface area contributed by atoms with Gasteiger partial charge in [0.05, 0.1) is 6.61 Å². The van der Waals surface area contributed by atoms with Crippen LogP contribution in [0, 0.1) is 5.92 Å². The Kier molecular flexibility index (Phi) is 5.87. The van der Waals surface area contributed by atoms with E-state index in [9.17, 15) is 0 Å². The van der Waals surface area contributed by atoms with Gasteiger partial charge in [0.2, 0.25) is 0 Å². The van der Waals surface area contributed by atoms with Crippen molar-refractivity contribution in [3.05, 3.63) is 12.2 Å². The SMILES string of the molecule is CC(C)/C=C/[C@H]1OC(C)(C)O[C@@H]1CO[Si](C)(C)C(C)(C)C. The molecule has 0 bridgehead atoms. The van der Waals surface area contributed by atoms with Gasteiger partial charge < -0.3 is 13.9 Å². The quantitative estimate of drug-likeness (QED) is 0.542. The molecule has 0 aliphatic carbocycles. The molecule has 21 heavy (non-hydrogen) atoms. The van der Waals surface area contributed by atoms with Crippen molar-refractivity contribution in [3.8, 4) is 0 Å². The maximum Gasteiger partial charge on any atom is 0.192 e. The largest absolute Gasteiger partial charge is 0.414 e. The van der Waals surface area contributed by atoms with Gasteiger partial charge in [0, 0.05) is 0 Å². The maximum atomic E-state index is 6.31. The normalized spacial score (nSPS) is 27.0. The minimum absolute atomic E-state index is 0.0211. The standard InChI is InChI=1S/C17H34O3Si/c1-13(2)10-11-14-15(20-17(6,7)19-14)12-18-21(8,9)16(3,4)5/h10-11,13-15H,12H2,1-9H3/b11-10+/t14-,15-/m1/s1. The van der Waals surface area contributed by atoms with Crippen LogP contribution in [0.15, 0.2) is 12.2 Å². The fourth-order valence-corrected chi connectivity index (χ4v) is 3.01. The Bertz CT molecular complexity index is 367. The van der Waals surface area contributed by atoms with E-state index in [0.717, 1.165) is 0 Å². The van der Waals surface area contributed by atoms with Crippen LogP contribution in [-0.2, 0) is 13.9 Å². The van der Waals surface area contributed by atoms with E-state index >= 15 is 0 Å². The zero-order valence-corrected chi connectivity index (χ0v) is 16.3. The lowest BCUT2D eigenvalue weighted by molar-refractivity contribution is -0.145. The van der Waals surface area contributed by atoms with E-state index in [-0.39, 0.29) is 17.2 Å². The molecular weight excluding hydrogens is 280 g/mol. The molecule has 0 saturated carbocycles. The summed E-state index contributed by atoms with van der Waals surface area (Å²) in [6.45, 7) is 20.2. The third-order valence-electron chi connectivity index (χ3n) is 4.32. The molecular formula is C17H34O3Si. The lowest BCUT2D eigenvalue weighted by Crippen LogP contribution is -2.43. The molecule has 2 atom stereocenters. The molecule has 1 heterocycles. The first-order chi connectivity index (χ1) is 9.34. The number of rotatable bonds is 5. The minimum atomic E-state index is -1.75. The molecule has 1 fully saturated rings. The lowest BCUT2D eigenvalue weighted by atomic mass is 10.1. The van der Waals surface area contributed by atoms with E-state index in [1.807, 2.05) is 13.8 Å². The highest BCUT2D eigenvalue weighted by atomic mass is 28.4. The second-order valence-electron chi connectivity index (χ2n) is 8.34. The zero-order valence-electron chi connectivity index (χ0n) is 15.3. The van der Waals surface area contributed by atoms with Crippen LogP contribution < -0.4 is 0 Å². The van der Waals surface area contributed by atoms with E-state index in [2.05, 4.69) is 59.9 Å². The first-order valence-corrected chi connectivity index (χ1v) is 10.9. The molecule has 0 aromatic carbocycles. The molecule has 4 heteroatoms. The van der Waals surface area contributed by atoms with Crippen molar-refractivity contribution in [1.82, 2.24) is 0 Å². The summed E-state index contributed by atoms with van der Waals surface area (Å²) in [5.41, 5.74) is 0. The highest BCUT2D eigenvalue weighted by Crippen LogP contribution is 2.37. The summed E-state index contributed by atoms with van der Waals surface area (Å²) < 4.78 is 18.3. The summed E-state index contributed by atoms with van der Waals surface area (Å²) in [5, 5.41) is 0.214. The predicted molar refractivity (Wildman–Crippen MR) is 91.0 cm³/mol. The molecule has 3 nitrogen and oxygen atoms in total. The average Bonchev–Trinajstić information content (AvgIpc) is 2.57. The van der Waals surface area contributed by atoms with Gasteiger partial charge in [0.15, 0.2) is 14.1 Å². The molecule has 0 aromatic heterocycles. The smallest absolute Gasteiger partial charge is 0.192 e. The lowest BCUT2D eigenvalue weighted by Gasteiger charge is -2.37. The Balaban J connectivity index is 2.71. The first kappa shape index (κ1) is 18.9. The molecule has 0 aromatic rings. The summed E-state index contributed by atoms with van der Waals surface area (Å²) in [5.74, 6) is -0.0211. The molecule has 0 N–H and O–H groups in total. The fraction of sp³-hybridized carbons (Fsp3) is 0.882. The van der Waals surface area contributed by atoms with Gasteiger partial charge in [-0.15, -0.1) is 0 Å². The van der Waals surface area contributed by atoms with Gasteiger partial charge in [0.1, 0.15) is 12.2 Å². The molecule has 1 aliphatic rings. The van der Waals surface area contributed by atoms with E-state index < -0.39 is 14.1 Å². The topological polar surface area (TPSA) is 27.7 Å². The van der Waals surface area contributed by atoms with Crippen LogP contribution in [0.25, 0.3) is 0 Å². The van der Waals surface area contributed by atoms with E-state index in [0.29, 0.717) is 12.5 Å². The summed E-state index contributed by atoms with van der Waals surface area (Å²) in [7, 11) is -1.75. The van der Waals surface area contributed by atoms with Crippen molar-refractivity contribution in [2.24, 2.45) is 5.92 Å². The van der Waals surface area contributed by atoms with Crippen molar-refractivity contribution in [3.63, 3.8) is 0 Å². The average molecular weight is 315 g/mol. The van der Waals surface area contributed by atoms with Crippen LogP contribution >= 0.6 is 0 Å². The molecule has 0 radical (unpaired) electrons. The van der Waals surface area contributed by atoms with E-state index in [4.69, 9.17) is 13.9 Å². The van der Waals surface area contributed by atoms with Crippen molar-refractivity contribution in [1.29, 1.82) is 0 Å². The van der Waals surface area contributed by atoms with Crippen LogP contribution in [0.4, 0.5) is 0 Å². The van der Waals surface area contributed by atoms with E-state index in [1.165, 1.54) is 0 Å². The van der Waals surface area contributed by atoms with Gasteiger partial charge >= 0.3 is 0 Å². The Morgan fingerprint density at radius 2 is 1.76 bits per heavy atom. The van der Waals surface area contributed by atoms with Crippen molar-refractivity contribution < 1.29 is 13.9 Å². The Morgan fingerprint density at radius 3 is 2.24 bits per heavy atom. The summed E-state index contributed by atoms with van der Waals surface area (Å²) in [4.78, 5) is 0. The van der Waals surface area contributed by atoms with Crippen LogP contribution in [0.1, 0.15) is 48.5 Å². The van der Waals surface area contributed by atoms with Gasteiger partial charge in [0.25, 0.3) is 0 Å². The van der Waals surface area contributed by atoms with Crippen LogP contribution in [0.3, 0.4) is 0 Å². The van der Waals surface area contributed by atoms with Gasteiger partial charge in [-0.05, 0) is 37.9 Å². The fourth-order valence-electron chi connectivity index (χ4n) is 1.99. The molecule has 0 unspecified atom stereocenters. The molecule has 0 spiro atoms. The number of hydrogen-bond donors (Lipinski definition) is 0. The summed E-state index contributed by atoms with van der Waals surface area (Å²) >= 11 is 0. The Labute approximate surface area is 132 Å². The predicted octanol–water partition coefficient (Wildman–Crippen LogP) is 4.74. The van der Waals surface area contributed by atoms with Crippen molar-refractivity contribution in [2.75, 3.05) is 6.61 Å². The summed E-state index contributed by atoms with van der Waals surface area (Å²) in [6.07, 6.45) is 4.25. The zero-order chi connectivity index (χ0) is 16.5. The van der Waals surface area contributed by atoms with Crippen LogP contribution in [0.2, 0.25) is 18.1 Å². The van der Waals surface area contributed by atoms with E-state index in [1.54, 1.807) is 0 Å². The third-order valence-corrected chi connectivity index (χ3v) is 8.82. The number of ether oxygens (including phenoxy) is 2. The molecule has 1 saturated heterocycles. The molecule has 124 valence electrons. The van der Waals surface area contributed by atoms with Gasteiger partial charge in [-0.25, -0.2) is 0 Å². The maximum absolute atomic E-state index is 6.31. The second kappa shape index (κ2) is 6.53. The van der Waals surface area contributed by atoms with Crippen LogP contribution in [-0.4, -0.2) is 32.9 Å². The van der Waals surface area contributed by atoms with Gasteiger partial charge in [-0.3, -0.25) is 0 Å². The number of allylic oxidation sites excluding steroid dienone is 1. The minimum Gasteiger partial charge on any atom is -0.414 e. The molecule has 1 aliphatic heterocycles. The highest BCUT2D eigenvalue weighted by molar-refractivity contribution is 6.74. The molecule has 1 rings (SSSR count). The van der Waals surface area contributed by atoms with Crippen molar-refractivity contribution >= 4 is 8.32 Å². The Morgan fingerprint density at radius 1 is 1.19 bits per heavy atom. The second-order valence-corrected chi connectivity index (χ2v) is 13.1. The summed E-state index contributed by atoms with van der Waals surface area (Å²) in [6, 6.07) is 0. The molecule has 0 amide bonds. The monoisotopic (exact) mass is 314 g/mol.